The Hall–Kier alpha value is -2.27. The molecule has 2 N–H and O–H groups in total. The van der Waals surface area contributed by atoms with Crippen molar-refractivity contribution in [2.24, 2.45) is 0 Å². The SMILES string of the molecule is CCCCCCCCN1C(=O)/C(=C\c2c(NCCOCCO)nc3ccccn3c2=O)SC1=S. The number of amides is 1. The van der Waals surface area contributed by atoms with Crippen LogP contribution in [0.15, 0.2) is 34.1 Å². The van der Waals surface area contributed by atoms with Crippen molar-refractivity contribution in [3.8, 4) is 0 Å². The van der Waals surface area contributed by atoms with Crippen molar-refractivity contribution < 1.29 is 14.6 Å². The van der Waals surface area contributed by atoms with Gasteiger partial charge < -0.3 is 15.2 Å². The average molecular weight is 505 g/mol. The minimum Gasteiger partial charge on any atom is -0.394 e. The van der Waals surface area contributed by atoms with Crippen molar-refractivity contribution in [3.05, 3.63) is 45.2 Å². The highest BCUT2D eigenvalue weighted by Gasteiger charge is 2.32. The number of aliphatic hydroxyl groups is 1. The van der Waals surface area contributed by atoms with Gasteiger partial charge in [-0.3, -0.25) is 18.9 Å². The van der Waals surface area contributed by atoms with Crippen LogP contribution in [0.1, 0.15) is 51.0 Å². The van der Waals surface area contributed by atoms with Gasteiger partial charge in [0.15, 0.2) is 0 Å². The van der Waals surface area contributed by atoms with E-state index in [1.165, 1.54) is 35.4 Å². The Balaban J connectivity index is 1.78. The number of nitrogens with zero attached hydrogens (tertiary/aromatic N) is 3. The Morgan fingerprint density at radius 1 is 1.18 bits per heavy atom. The molecule has 1 saturated heterocycles. The third kappa shape index (κ3) is 6.88. The highest BCUT2D eigenvalue weighted by molar-refractivity contribution is 8.26. The third-order valence-corrected chi connectivity index (χ3v) is 6.81. The Kier molecular flexibility index (Phi) is 10.5. The Bertz CT molecular complexity index is 1090. The normalized spacial score (nSPS) is 15.1. The fraction of sp³-hybridized carbons (Fsp3) is 0.500. The zero-order chi connectivity index (χ0) is 24.3. The van der Waals surface area contributed by atoms with Crippen LogP contribution in [0.3, 0.4) is 0 Å². The first-order chi connectivity index (χ1) is 16.6. The minimum absolute atomic E-state index is 0.0542. The lowest BCUT2D eigenvalue weighted by molar-refractivity contribution is -0.122. The smallest absolute Gasteiger partial charge is 0.267 e. The summed E-state index contributed by atoms with van der Waals surface area (Å²) in [7, 11) is 0. The van der Waals surface area contributed by atoms with E-state index in [4.69, 9.17) is 22.1 Å². The van der Waals surface area contributed by atoms with Gasteiger partial charge in [-0.25, -0.2) is 4.98 Å². The van der Waals surface area contributed by atoms with Crippen molar-refractivity contribution in [1.82, 2.24) is 14.3 Å². The van der Waals surface area contributed by atoms with Crippen molar-refractivity contribution >= 4 is 51.7 Å². The Morgan fingerprint density at radius 2 is 1.97 bits per heavy atom. The lowest BCUT2D eigenvalue weighted by Crippen LogP contribution is -2.29. The second-order valence-electron chi connectivity index (χ2n) is 7.97. The molecule has 3 rings (SSSR count). The number of ether oxygens (including phenoxy) is 1. The molecule has 1 aliphatic rings. The first-order valence-electron chi connectivity index (χ1n) is 11.8. The number of hydrogen-bond acceptors (Lipinski definition) is 8. The van der Waals surface area contributed by atoms with Crippen LogP contribution in [0.4, 0.5) is 5.82 Å². The highest BCUT2D eigenvalue weighted by Crippen LogP contribution is 2.33. The number of nitrogens with one attached hydrogen (secondary N) is 1. The maximum atomic E-state index is 13.2. The van der Waals surface area contributed by atoms with Crippen molar-refractivity contribution in [1.29, 1.82) is 0 Å². The monoisotopic (exact) mass is 504 g/mol. The molecule has 0 unspecified atom stereocenters. The predicted octanol–water partition coefficient (Wildman–Crippen LogP) is 3.68. The van der Waals surface area contributed by atoms with E-state index < -0.39 is 0 Å². The zero-order valence-corrected chi connectivity index (χ0v) is 21.1. The molecule has 0 radical (unpaired) electrons. The van der Waals surface area contributed by atoms with Crippen molar-refractivity contribution in [3.63, 3.8) is 0 Å². The fourth-order valence-electron chi connectivity index (χ4n) is 3.65. The van der Waals surface area contributed by atoms with Gasteiger partial charge >= 0.3 is 0 Å². The molecule has 0 saturated carbocycles. The molecule has 0 spiro atoms. The summed E-state index contributed by atoms with van der Waals surface area (Å²) in [6, 6.07) is 5.32. The van der Waals surface area contributed by atoms with E-state index in [1.54, 1.807) is 29.3 Å². The molecule has 1 fully saturated rings. The van der Waals surface area contributed by atoms with Gasteiger partial charge in [-0.1, -0.05) is 69.1 Å². The number of thioether (sulfide) groups is 1. The van der Waals surface area contributed by atoms with E-state index in [2.05, 4.69) is 17.2 Å². The van der Waals surface area contributed by atoms with E-state index >= 15 is 0 Å². The van der Waals surface area contributed by atoms with E-state index in [0.717, 1.165) is 19.3 Å². The molecule has 34 heavy (non-hydrogen) atoms. The molecule has 2 aromatic rings. The van der Waals surface area contributed by atoms with E-state index in [9.17, 15) is 9.59 Å². The average Bonchev–Trinajstić information content (AvgIpc) is 3.10. The van der Waals surface area contributed by atoms with Gasteiger partial charge in [0.25, 0.3) is 11.5 Å². The van der Waals surface area contributed by atoms with Crippen LogP contribution in [0.25, 0.3) is 11.7 Å². The molecule has 2 aromatic heterocycles. The largest absolute Gasteiger partial charge is 0.394 e. The van der Waals surface area contributed by atoms with Crippen LogP contribution < -0.4 is 10.9 Å². The lowest BCUT2D eigenvalue weighted by atomic mass is 10.1. The van der Waals surface area contributed by atoms with Crippen LogP contribution in [0.2, 0.25) is 0 Å². The summed E-state index contributed by atoms with van der Waals surface area (Å²) in [6.07, 6.45) is 10.0. The Labute approximate surface area is 209 Å². The van der Waals surface area contributed by atoms with Crippen molar-refractivity contribution in [2.45, 2.75) is 45.4 Å². The molecular weight excluding hydrogens is 472 g/mol. The number of pyridine rings is 1. The van der Waals surface area contributed by atoms with Crippen LogP contribution in [-0.2, 0) is 9.53 Å². The van der Waals surface area contributed by atoms with Gasteiger partial charge in [0.05, 0.1) is 30.3 Å². The molecule has 184 valence electrons. The molecule has 0 aliphatic carbocycles. The van der Waals surface area contributed by atoms with E-state index in [0.29, 0.717) is 46.0 Å². The van der Waals surface area contributed by atoms with Crippen LogP contribution >= 0.6 is 24.0 Å². The third-order valence-electron chi connectivity index (χ3n) is 5.43. The molecule has 8 nitrogen and oxygen atoms in total. The number of aliphatic hydroxyl groups excluding tert-OH is 1. The molecule has 10 heteroatoms. The molecule has 0 aromatic carbocycles. The maximum Gasteiger partial charge on any atom is 0.267 e. The number of carbonyl (C=O) groups excluding carboxylic acids is 1. The number of carbonyl (C=O) groups is 1. The van der Waals surface area contributed by atoms with Gasteiger partial charge in [-0.15, -0.1) is 0 Å². The summed E-state index contributed by atoms with van der Waals surface area (Å²) in [5.74, 6) is 0.211. The lowest BCUT2D eigenvalue weighted by Gasteiger charge is -2.14. The minimum atomic E-state index is -0.273. The van der Waals surface area contributed by atoms with Crippen molar-refractivity contribution in [2.75, 3.05) is 38.2 Å². The summed E-state index contributed by atoms with van der Waals surface area (Å²) in [5.41, 5.74) is 0.524. The van der Waals surface area contributed by atoms with E-state index in [-0.39, 0.29) is 24.7 Å². The fourth-order valence-corrected chi connectivity index (χ4v) is 4.94. The quantitative estimate of drug-likeness (QED) is 0.229. The molecular formula is C24H32N4O4S2. The zero-order valence-electron chi connectivity index (χ0n) is 19.5. The summed E-state index contributed by atoms with van der Waals surface area (Å²) < 4.78 is 7.26. The molecule has 1 aliphatic heterocycles. The number of thiocarbonyl (C=S) groups is 1. The standard InChI is InChI=1S/C24H32N4O4S2/c1-2-3-4-5-6-8-13-28-23(31)19(34-24(28)33)17-18-21(25-11-15-32-16-14-29)26-20-10-7-9-12-27(20)22(18)30/h7,9-10,12,17,25,29H,2-6,8,11,13-16H2,1H3/b19-17+. The van der Waals surface area contributed by atoms with Crippen LogP contribution in [0, 0.1) is 0 Å². The predicted molar refractivity (Wildman–Crippen MR) is 141 cm³/mol. The first-order valence-corrected chi connectivity index (χ1v) is 13.0. The van der Waals surface area contributed by atoms with Gasteiger partial charge in [-0.2, -0.15) is 0 Å². The van der Waals surface area contributed by atoms with Crippen LogP contribution in [0.5, 0.6) is 0 Å². The van der Waals surface area contributed by atoms with Gasteiger partial charge in [0.2, 0.25) is 0 Å². The second kappa shape index (κ2) is 13.6. The summed E-state index contributed by atoms with van der Waals surface area (Å²) in [5, 5.41) is 12.0. The highest BCUT2D eigenvalue weighted by atomic mass is 32.2. The Morgan fingerprint density at radius 3 is 2.76 bits per heavy atom. The second-order valence-corrected chi connectivity index (χ2v) is 9.65. The summed E-state index contributed by atoms with van der Waals surface area (Å²) in [4.78, 5) is 32.9. The molecule has 3 heterocycles. The first kappa shape index (κ1) is 26.3. The number of aromatic nitrogens is 2. The number of anilines is 1. The molecule has 1 amide bonds. The number of hydrogen-bond donors (Lipinski definition) is 2. The summed E-state index contributed by atoms with van der Waals surface area (Å²) >= 11 is 6.68. The number of unbranched alkanes of at least 4 members (excludes halogenated alkanes) is 5. The maximum absolute atomic E-state index is 13.2. The van der Waals surface area contributed by atoms with Crippen LogP contribution in [-0.4, -0.2) is 62.5 Å². The number of rotatable bonds is 14. The summed E-state index contributed by atoms with van der Waals surface area (Å²) in [6.45, 7) is 3.71. The van der Waals surface area contributed by atoms with Gasteiger partial charge in [0, 0.05) is 19.3 Å². The molecule has 0 atom stereocenters. The topological polar surface area (TPSA) is 96.2 Å². The van der Waals surface area contributed by atoms with E-state index in [1.807, 2.05) is 6.07 Å². The van der Waals surface area contributed by atoms with Gasteiger partial charge in [0.1, 0.15) is 15.8 Å². The molecule has 0 bridgehead atoms. The number of fused-ring (bicyclic) bond motifs is 1. The van der Waals surface area contributed by atoms with Gasteiger partial charge in [-0.05, 0) is 24.6 Å².